The number of aryl methyl sites for hydroxylation is 1. The molecule has 25 heavy (non-hydrogen) atoms. The monoisotopic (exact) mass is 454 g/mol. The number of nitrogens with one attached hydrogen (secondary N) is 2. The molecule has 0 radical (unpaired) electrons. The number of halogens is 1. The van der Waals surface area contributed by atoms with E-state index < -0.39 is 0 Å². The summed E-state index contributed by atoms with van der Waals surface area (Å²) in [6, 6.07) is 10.4. The van der Waals surface area contributed by atoms with E-state index in [1.807, 2.05) is 12.1 Å². The molecule has 7 heteroatoms. The lowest BCUT2D eigenvalue weighted by molar-refractivity contribution is 0.633. The van der Waals surface area contributed by atoms with Crippen molar-refractivity contribution in [3.8, 4) is 0 Å². The largest absolute Gasteiger partial charge is 0.355 e. The lowest BCUT2D eigenvalue weighted by Gasteiger charge is -2.12. The Morgan fingerprint density at radius 2 is 2.08 bits per heavy atom. The summed E-state index contributed by atoms with van der Waals surface area (Å²) in [5.74, 6) is 1.80. The molecule has 0 atom stereocenters. The Kier molecular flexibility index (Phi) is 10.5. The Morgan fingerprint density at radius 1 is 1.28 bits per heavy atom. The van der Waals surface area contributed by atoms with Gasteiger partial charge in [-0.05, 0) is 12.0 Å². The molecule has 1 heterocycles. The molecule has 0 amide bonds. The van der Waals surface area contributed by atoms with E-state index >= 15 is 0 Å². The highest BCUT2D eigenvalue weighted by molar-refractivity contribution is 14.0. The number of guanidine groups is 1. The zero-order valence-corrected chi connectivity index (χ0v) is 17.0. The van der Waals surface area contributed by atoms with Crippen LogP contribution in [-0.2, 0) is 19.4 Å². The van der Waals surface area contributed by atoms with Gasteiger partial charge < -0.3 is 15.2 Å². The van der Waals surface area contributed by atoms with Crippen molar-refractivity contribution in [3.05, 3.63) is 60.7 Å². The lowest BCUT2D eigenvalue weighted by Crippen LogP contribution is -2.39. The van der Waals surface area contributed by atoms with Gasteiger partial charge in [0.1, 0.15) is 12.2 Å². The molecule has 0 spiro atoms. The third-order valence-electron chi connectivity index (χ3n) is 3.58. The predicted octanol–water partition coefficient (Wildman–Crippen LogP) is 2.42. The van der Waals surface area contributed by atoms with Gasteiger partial charge in [-0.2, -0.15) is 0 Å². The van der Waals surface area contributed by atoms with Gasteiger partial charge in [0, 0.05) is 32.6 Å². The van der Waals surface area contributed by atoms with Gasteiger partial charge in [-0.25, -0.2) is 0 Å². The van der Waals surface area contributed by atoms with Crippen LogP contribution in [0.25, 0.3) is 0 Å². The van der Waals surface area contributed by atoms with E-state index in [9.17, 15) is 0 Å². The Morgan fingerprint density at radius 3 is 2.80 bits per heavy atom. The number of aromatic nitrogens is 3. The van der Waals surface area contributed by atoms with E-state index in [1.165, 1.54) is 5.56 Å². The standard InChI is InChI=1S/C18H26N6.HI/c1-3-11-19-18(20-12-10-16-8-6-5-7-9-16)21-13-14-24-15-22-23-17(24)4-2;/h3,5-9,15H,1,4,10-14H2,2H3,(H2,19,20,21);1H. The Hall–Kier alpha value is -1.90. The highest BCUT2D eigenvalue weighted by Crippen LogP contribution is 1.99. The fourth-order valence-corrected chi connectivity index (χ4v) is 2.32. The second kappa shape index (κ2) is 12.5. The Labute approximate surface area is 166 Å². The number of hydrogen-bond acceptors (Lipinski definition) is 3. The van der Waals surface area contributed by atoms with Crippen molar-refractivity contribution < 1.29 is 0 Å². The topological polar surface area (TPSA) is 67.1 Å². The van der Waals surface area contributed by atoms with E-state index in [0.29, 0.717) is 6.54 Å². The van der Waals surface area contributed by atoms with Crippen LogP contribution in [-0.4, -0.2) is 40.4 Å². The third-order valence-corrected chi connectivity index (χ3v) is 3.58. The zero-order valence-electron chi connectivity index (χ0n) is 14.7. The van der Waals surface area contributed by atoms with Gasteiger partial charge >= 0.3 is 0 Å². The number of rotatable bonds is 9. The predicted molar refractivity (Wildman–Crippen MR) is 113 cm³/mol. The van der Waals surface area contributed by atoms with Gasteiger partial charge in [0.15, 0.2) is 5.96 Å². The van der Waals surface area contributed by atoms with Crippen LogP contribution in [0.2, 0.25) is 0 Å². The number of nitrogens with zero attached hydrogens (tertiary/aromatic N) is 4. The highest BCUT2D eigenvalue weighted by Gasteiger charge is 2.02. The normalized spacial score (nSPS) is 10.8. The van der Waals surface area contributed by atoms with Crippen molar-refractivity contribution in [2.24, 2.45) is 4.99 Å². The molecule has 1 aromatic heterocycles. The first-order valence-corrected chi connectivity index (χ1v) is 8.37. The maximum Gasteiger partial charge on any atom is 0.191 e. The van der Waals surface area contributed by atoms with Crippen LogP contribution in [0, 0.1) is 0 Å². The third kappa shape index (κ3) is 7.68. The van der Waals surface area contributed by atoms with Crippen LogP contribution < -0.4 is 10.6 Å². The Balaban J connectivity index is 0.00000312. The molecule has 2 rings (SSSR count). The summed E-state index contributed by atoms with van der Waals surface area (Å²) in [7, 11) is 0. The quantitative estimate of drug-likeness (QED) is 0.264. The molecule has 2 aromatic rings. The van der Waals surface area contributed by atoms with Crippen LogP contribution in [0.5, 0.6) is 0 Å². The summed E-state index contributed by atoms with van der Waals surface area (Å²) in [5.41, 5.74) is 1.29. The maximum absolute atomic E-state index is 4.62. The molecule has 136 valence electrons. The molecule has 0 aliphatic heterocycles. The molecule has 0 saturated heterocycles. The average Bonchev–Trinajstić information content (AvgIpc) is 3.07. The summed E-state index contributed by atoms with van der Waals surface area (Å²) >= 11 is 0. The molecular formula is C18H27IN6. The summed E-state index contributed by atoms with van der Waals surface area (Å²) < 4.78 is 2.06. The molecule has 0 aliphatic carbocycles. The van der Waals surface area contributed by atoms with Gasteiger partial charge in [-0.1, -0.05) is 43.3 Å². The smallest absolute Gasteiger partial charge is 0.191 e. The Bertz CT molecular complexity index is 638. The summed E-state index contributed by atoms with van der Waals surface area (Å²) in [6.07, 6.45) is 5.40. The first kappa shape index (κ1) is 21.1. The van der Waals surface area contributed by atoms with Crippen LogP contribution in [0.4, 0.5) is 0 Å². The van der Waals surface area contributed by atoms with Crippen LogP contribution in [0.15, 0.2) is 54.3 Å². The van der Waals surface area contributed by atoms with Crippen molar-refractivity contribution in [1.29, 1.82) is 0 Å². The minimum Gasteiger partial charge on any atom is -0.355 e. The second-order valence-electron chi connectivity index (χ2n) is 5.36. The number of aliphatic imine (C=N–C) groups is 1. The SMILES string of the molecule is C=CCNC(=NCCc1ccccc1)NCCn1cnnc1CC.I. The maximum atomic E-state index is 4.62. The van der Waals surface area contributed by atoms with Gasteiger partial charge in [0.05, 0.1) is 0 Å². The van der Waals surface area contributed by atoms with Gasteiger partial charge in [-0.3, -0.25) is 4.99 Å². The van der Waals surface area contributed by atoms with E-state index in [2.05, 4.69) is 68.2 Å². The summed E-state index contributed by atoms with van der Waals surface area (Å²) in [6.45, 7) is 8.81. The fourth-order valence-electron chi connectivity index (χ4n) is 2.32. The van der Waals surface area contributed by atoms with E-state index in [4.69, 9.17) is 0 Å². The molecule has 1 aromatic carbocycles. The van der Waals surface area contributed by atoms with Gasteiger partial charge in [-0.15, -0.1) is 40.8 Å². The molecule has 0 saturated carbocycles. The molecule has 6 nitrogen and oxygen atoms in total. The minimum absolute atomic E-state index is 0. The van der Waals surface area contributed by atoms with Crippen molar-refractivity contribution >= 4 is 29.9 Å². The van der Waals surface area contributed by atoms with E-state index in [1.54, 1.807) is 6.33 Å². The van der Waals surface area contributed by atoms with E-state index in [0.717, 1.165) is 44.3 Å². The van der Waals surface area contributed by atoms with Crippen molar-refractivity contribution in [1.82, 2.24) is 25.4 Å². The molecule has 0 aliphatic rings. The van der Waals surface area contributed by atoms with Crippen molar-refractivity contribution in [2.75, 3.05) is 19.6 Å². The zero-order chi connectivity index (χ0) is 17.0. The van der Waals surface area contributed by atoms with Crippen molar-refractivity contribution in [3.63, 3.8) is 0 Å². The summed E-state index contributed by atoms with van der Waals surface area (Å²) in [4.78, 5) is 4.62. The van der Waals surface area contributed by atoms with Gasteiger partial charge in [0.25, 0.3) is 0 Å². The fraction of sp³-hybridized carbons (Fsp3) is 0.389. The molecule has 2 N–H and O–H groups in total. The molecule has 0 unspecified atom stereocenters. The molecular weight excluding hydrogens is 427 g/mol. The average molecular weight is 454 g/mol. The van der Waals surface area contributed by atoms with Crippen LogP contribution in [0.1, 0.15) is 18.3 Å². The molecule has 0 bridgehead atoms. The second-order valence-corrected chi connectivity index (χ2v) is 5.36. The number of hydrogen-bond donors (Lipinski definition) is 2. The first-order valence-electron chi connectivity index (χ1n) is 8.37. The highest BCUT2D eigenvalue weighted by atomic mass is 127. The lowest BCUT2D eigenvalue weighted by atomic mass is 10.2. The first-order chi connectivity index (χ1) is 11.8. The molecule has 0 fully saturated rings. The van der Waals surface area contributed by atoms with Gasteiger partial charge in [0.2, 0.25) is 0 Å². The van der Waals surface area contributed by atoms with Crippen LogP contribution >= 0.6 is 24.0 Å². The van der Waals surface area contributed by atoms with E-state index in [-0.39, 0.29) is 24.0 Å². The van der Waals surface area contributed by atoms with Crippen molar-refractivity contribution in [2.45, 2.75) is 26.3 Å². The number of benzene rings is 1. The van der Waals surface area contributed by atoms with Crippen LogP contribution in [0.3, 0.4) is 0 Å². The minimum atomic E-state index is 0. The summed E-state index contributed by atoms with van der Waals surface area (Å²) in [5, 5.41) is 14.6.